The maximum atomic E-state index is 13.5. The molecule has 0 bridgehead atoms. The van der Waals surface area contributed by atoms with Gasteiger partial charge in [0.2, 0.25) is 5.91 Å². The minimum absolute atomic E-state index is 0.0103. The number of aromatic nitrogens is 1. The zero-order chi connectivity index (χ0) is 20.4. The largest absolute Gasteiger partial charge is 0.496 e. The summed E-state index contributed by atoms with van der Waals surface area (Å²) in [6.07, 6.45) is 3.28. The van der Waals surface area contributed by atoms with E-state index in [1.54, 1.807) is 18.2 Å². The highest BCUT2D eigenvalue weighted by Crippen LogP contribution is 2.27. The van der Waals surface area contributed by atoms with Gasteiger partial charge in [-0.15, -0.1) is 0 Å². The molecule has 0 radical (unpaired) electrons. The van der Waals surface area contributed by atoms with Crippen molar-refractivity contribution in [3.05, 3.63) is 30.5 Å². The molecule has 2 atom stereocenters. The number of methoxy groups -OCH3 is 1. The molecule has 2 aliphatic heterocycles. The van der Waals surface area contributed by atoms with Crippen molar-refractivity contribution in [1.82, 2.24) is 14.8 Å². The second-order valence-electron chi connectivity index (χ2n) is 8.17. The number of rotatable bonds is 5. The van der Waals surface area contributed by atoms with Crippen LogP contribution in [-0.2, 0) is 4.79 Å². The fourth-order valence-electron chi connectivity index (χ4n) is 4.45. The number of benzene rings is 1. The van der Waals surface area contributed by atoms with Crippen molar-refractivity contribution < 1.29 is 13.9 Å². The molecule has 0 unspecified atom stereocenters. The van der Waals surface area contributed by atoms with E-state index in [-0.39, 0.29) is 18.5 Å². The summed E-state index contributed by atoms with van der Waals surface area (Å²) in [5.74, 6) is 0.872. The van der Waals surface area contributed by atoms with E-state index in [1.807, 2.05) is 25.1 Å². The number of anilines is 1. The molecule has 2 saturated heterocycles. The molecule has 2 fully saturated rings. The third kappa shape index (κ3) is 4.45. The van der Waals surface area contributed by atoms with Gasteiger partial charge in [0.05, 0.1) is 25.7 Å². The summed E-state index contributed by atoms with van der Waals surface area (Å²) >= 11 is 0. The molecule has 4 rings (SSSR count). The van der Waals surface area contributed by atoms with Crippen molar-refractivity contribution in [2.45, 2.75) is 44.4 Å². The Morgan fingerprint density at radius 3 is 2.79 bits per heavy atom. The lowest BCUT2D eigenvalue weighted by Gasteiger charge is -2.34. The molecular formula is C22H29FN4O2. The number of likely N-dealkylation sites (tertiary alicyclic amines) is 2. The van der Waals surface area contributed by atoms with Gasteiger partial charge >= 0.3 is 0 Å². The highest BCUT2D eigenvalue weighted by atomic mass is 19.1. The number of fused-ring (bicyclic) bond motifs is 1. The minimum atomic E-state index is -0.875. The van der Waals surface area contributed by atoms with Gasteiger partial charge in [-0.1, -0.05) is 0 Å². The van der Waals surface area contributed by atoms with Crippen molar-refractivity contribution in [1.29, 1.82) is 0 Å². The Kier molecular flexibility index (Phi) is 5.85. The fraction of sp³-hybridized carbons (Fsp3) is 0.545. The Bertz CT molecular complexity index is 869. The molecule has 0 aliphatic carbocycles. The van der Waals surface area contributed by atoms with Gasteiger partial charge in [0, 0.05) is 48.9 Å². The lowest BCUT2D eigenvalue weighted by molar-refractivity contribution is -0.133. The molecule has 3 heterocycles. The number of carbonyl (C=O) groups excluding carboxylic acids is 1. The molecule has 29 heavy (non-hydrogen) atoms. The summed E-state index contributed by atoms with van der Waals surface area (Å²) in [5.41, 5.74) is 1.97. The van der Waals surface area contributed by atoms with E-state index >= 15 is 0 Å². The standard InChI is InChI=1S/C22H29FN4O2/c1-15-11-16(23)13-27(15)22(28)14-26-9-6-17(7-10-26)25-18-3-4-20-19(12-18)21(29-2)5-8-24-20/h3-5,8,12,15-17,25H,6-7,9-11,13-14H2,1-2H3/t15-,16+/m1/s1. The molecule has 2 aromatic rings. The van der Waals surface area contributed by atoms with Gasteiger partial charge in [-0.2, -0.15) is 0 Å². The Morgan fingerprint density at radius 1 is 1.31 bits per heavy atom. The second kappa shape index (κ2) is 8.53. The van der Waals surface area contributed by atoms with Gasteiger partial charge < -0.3 is 15.0 Å². The van der Waals surface area contributed by atoms with E-state index in [0.717, 1.165) is 48.3 Å². The molecule has 7 heteroatoms. The fourth-order valence-corrected chi connectivity index (χ4v) is 4.45. The van der Waals surface area contributed by atoms with Crippen LogP contribution in [0.3, 0.4) is 0 Å². The molecule has 6 nitrogen and oxygen atoms in total. The summed E-state index contributed by atoms with van der Waals surface area (Å²) < 4.78 is 19.0. The number of halogens is 1. The van der Waals surface area contributed by atoms with Crippen LogP contribution in [0.25, 0.3) is 10.9 Å². The first-order valence-electron chi connectivity index (χ1n) is 10.4. The van der Waals surface area contributed by atoms with Crippen LogP contribution in [0.5, 0.6) is 5.75 Å². The highest BCUT2D eigenvalue weighted by molar-refractivity contribution is 5.87. The van der Waals surface area contributed by atoms with Crippen LogP contribution >= 0.6 is 0 Å². The molecular weight excluding hydrogens is 371 g/mol. The van der Waals surface area contributed by atoms with Gasteiger partial charge in [-0.3, -0.25) is 14.7 Å². The van der Waals surface area contributed by atoms with Gasteiger partial charge in [-0.05, 0) is 44.0 Å². The first-order valence-corrected chi connectivity index (χ1v) is 10.4. The third-order valence-electron chi connectivity index (χ3n) is 6.08. The molecule has 1 aromatic carbocycles. The quantitative estimate of drug-likeness (QED) is 0.836. The number of hydrogen-bond acceptors (Lipinski definition) is 5. The van der Waals surface area contributed by atoms with Crippen LogP contribution in [0.1, 0.15) is 26.2 Å². The number of nitrogens with zero attached hydrogens (tertiary/aromatic N) is 3. The number of hydrogen-bond donors (Lipinski definition) is 1. The predicted molar refractivity (Wildman–Crippen MR) is 112 cm³/mol. The molecule has 1 N–H and O–H groups in total. The third-order valence-corrected chi connectivity index (χ3v) is 6.08. The maximum Gasteiger partial charge on any atom is 0.237 e. The van der Waals surface area contributed by atoms with Crippen molar-refractivity contribution in [3.63, 3.8) is 0 Å². The van der Waals surface area contributed by atoms with Crippen molar-refractivity contribution in [2.24, 2.45) is 0 Å². The Morgan fingerprint density at radius 2 is 2.10 bits per heavy atom. The molecule has 156 valence electrons. The maximum absolute atomic E-state index is 13.5. The highest BCUT2D eigenvalue weighted by Gasteiger charge is 2.33. The van der Waals surface area contributed by atoms with E-state index < -0.39 is 6.17 Å². The minimum Gasteiger partial charge on any atom is -0.496 e. The monoisotopic (exact) mass is 400 g/mol. The zero-order valence-corrected chi connectivity index (χ0v) is 17.1. The predicted octanol–water partition coefficient (Wildman–Crippen LogP) is 3.08. The molecule has 2 aliphatic rings. The van der Waals surface area contributed by atoms with Gasteiger partial charge in [-0.25, -0.2) is 4.39 Å². The number of pyridine rings is 1. The van der Waals surface area contributed by atoms with Crippen molar-refractivity contribution in [2.75, 3.05) is 38.6 Å². The van der Waals surface area contributed by atoms with E-state index in [2.05, 4.69) is 21.3 Å². The van der Waals surface area contributed by atoms with Crippen LogP contribution in [0, 0.1) is 0 Å². The number of ether oxygens (including phenoxy) is 1. The van der Waals surface area contributed by atoms with E-state index in [9.17, 15) is 9.18 Å². The Hall–Kier alpha value is -2.41. The summed E-state index contributed by atoms with van der Waals surface area (Å²) in [6.45, 7) is 4.30. The Labute approximate surface area is 171 Å². The second-order valence-corrected chi connectivity index (χ2v) is 8.17. The summed E-state index contributed by atoms with van der Waals surface area (Å²) in [5, 5.41) is 4.61. The zero-order valence-electron chi connectivity index (χ0n) is 17.1. The lowest BCUT2D eigenvalue weighted by atomic mass is 10.0. The summed E-state index contributed by atoms with van der Waals surface area (Å²) in [4.78, 5) is 20.8. The lowest BCUT2D eigenvalue weighted by Crippen LogP contribution is -2.46. The summed E-state index contributed by atoms with van der Waals surface area (Å²) in [6, 6.07) is 8.38. The van der Waals surface area contributed by atoms with Gasteiger partial charge in [0.25, 0.3) is 0 Å². The molecule has 1 aromatic heterocycles. The van der Waals surface area contributed by atoms with Crippen LogP contribution in [-0.4, -0.2) is 72.2 Å². The topological polar surface area (TPSA) is 57.7 Å². The van der Waals surface area contributed by atoms with Gasteiger partial charge in [0.15, 0.2) is 0 Å². The van der Waals surface area contributed by atoms with E-state index in [0.29, 0.717) is 19.0 Å². The number of amides is 1. The summed E-state index contributed by atoms with van der Waals surface area (Å²) in [7, 11) is 1.67. The molecule has 1 amide bonds. The average molecular weight is 400 g/mol. The number of alkyl halides is 1. The van der Waals surface area contributed by atoms with Crippen LogP contribution in [0.2, 0.25) is 0 Å². The first-order chi connectivity index (χ1) is 14.0. The van der Waals surface area contributed by atoms with Crippen LogP contribution < -0.4 is 10.1 Å². The van der Waals surface area contributed by atoms with Crippen LogP contribution in [0.4, 0.5) is 10.1 Å². The van der Waals surface area contributed by atoms with Gasteiger partial charge in [0.1, 0.15) is 11.9 Å². The Balaban J connectivity index is 1.31. The number of nitrogens with one attached hydrogen (secondary N) is 1. The molecule has 0 saturated carbocycles. The molecule has 0 spiro atoms. The van der Waals surface area contributed by atoms with E-state index in [4.69, 9.17) is 4.74 Å². The van der Waals surface area contributed by atoms with Crippen molar-refractivity contribution in [3.8, 4) is 5.75 Å². The SMILES string of the molecule is COc1ccnc2ccc(NC3CCN(CC(=O)N4C[C@@H](F)C[C@H]4C)CC3)cc12. The normalized spacial score (nSPS) is 23.5. The number of carbonyl (C=O) groups is 1. The van der Waals surface area contributed by atoms with E-state index in [1.165, 1.54) is 0 Å². The van der Waals surface area contributed by atoms with Crippen LogP contribution in [0.15, 0.2) is 30.5 Å². The smallest absolute Gasteiger partial charge is 0.237 e. The first kappa shape index (κ1) is 19.9. The number of piperidine rings is 1. The van der Waals surface area contributed by atoms with Crippen molar-refractivity contribution >= 4 is 22.5 Å². The average Bonchev–Trinajstić information content (AvgIpc) is 3.07.